The number of nitrogens with one attached hydrogen (secondary N) is 1. The van der Waals surface area contributed by atoms with Crippen LogP contribution in [0.1, 0.15) is 38.1 Å². The van der Waals surface area contributed by atoms with Crippen molar-refractivity contribution < 1.29 is 14.7 Å². The molecule has 0 fully saturated rings. The highest BCUT2D eigenvalue weighted by molar-refractivity contribution is 5.75. The lowest BCUT2D eigenvalue weighted by molar-refractivity contribution is -0.137. The molecule has 0 radical (unpaired) electrons. The minimum Gasteiger partial charge on any atom is -0.481 e. The lowest BCUT2D eigenvalue weighted by Gasteiger charge is -2.24. The third kappa shape index (κ3) is 5.81. The van der Waals surface area contributed by atoms with E-state index in [0.29, 0.717) is 19.5 Å². The van der Waals surface area contributed by atoms with Crippen molar-refractivity contribution in [3.8, 4) is 0 Å². The number of nitrogens with zero attached hydrogens (tertiary/aromatic N) is 2. The Labute approximate surface area is 125 Å². The number of hydrogen-bond acceptors (Lipinski definition) is 3. The maximum atomic E-state index is 12.2. The van der Waals surface area contributed by atoms with Crippen molar-refractivity contribution in [1.82, 2.24) is 15.2 Å². The standard InChI is InChI=1S/C15H23N3O3/c1-4-12(9-14(19)20)17-15(21)18(5-2)10-13-8-6-7-11(3)16-13/h6-8,12H,4-5,9-10H2,1-3H3,(H,17,21)(H,19,20). The van der Waals surface area contributed by atoms with Gasteiger partial charge in [0.15, 0.2) is 0 Å². The monoisotopic (exact) mass is 293 g/mol. The van der Waals surface area contributed by atoms with Gasteiger partial charge >= 0.3 is 12.0 Å². The summed E-state index contributed by atoms with van der Waals surface area (Å²) in [4.78, 5) is 28.9. The van der Waals surface area contributed by atoms with Crippen molar-refractivity contribution in [3.63, 3.8) is 0 Å². The van der Waals surface area contributed by atoms with E-state index >= 15 is 0 Å². The number of aromatic nitrogens is 1. The number of carbonyl (C=O) groups is 2. The van der Waals surface area contributed by atoms with Crippen LogP contribution in [0, 0.1) is 6.92 Å². The number of carbonyl (C=O) groups excluding carboxylic acids is 1. The summed E-state index contributed by atoms with van der Waals surface area (Å²) < 4.78 is 0. The van der Waals surface area contributed by atoms with Gasteiger partial charge in [-0.15, -0.1) is 0 Å². The molecule has 0 aliphatic rings. The molecule has 0 saturated carbocycles. The Hall–Kier alpha value is -2.11. The molecule has 2 N–H and O–H groups in total. The minimum atomic E-state index is -0.912. The quantitative estimate of drug-likeness (QED) is 0.807. The second-order valence-corrected chi connectivity index (χ2v) is 4.94. The number of aliphatic carboxylic acids is 1. The summed E-state index contributed by atoms with van der Waals surface area (Å²) in [5.41, 5.74) is 1.72. The molecule has 116 valence electrons. The number of amides is 2. The molecule has 6 heteroatoms. The van der Waals surface area contributed by atoms with E-state index in [1.165, 1.54) is 0 Å². The van der Waals surface area contributed by atoms with Crippen molar-refractivity contribution in [2.45, 2.75) is 46.2 Å². The lowest BCUT2D eigenvalue weighted by atomic mass is 10.1. The first-order valence-electron chi connectivity index (χ1n) is 7.16. The fraction of sp³-hybridized carbons (Fsp3) is 0.533. The number of rotatable bonds is 7. The van der Waals surface area contributed by atoms with Crippen LogP contribution in [0.2, 0.25) is 0 Å². The Morgan fingerprint density at radius 1 is 1.38 bits per heavy atom. The normalized spacial score (nSPS) is 11.8. The van der Waals surface area contributed by atoms with Gasteiger partial charge in [0.2, 0.25) is 0 Å². The summed E-state index contributed by atoms with van der Waals surface area (Å²) >= 11 is 0. The van der Waals surface area contributed by atoms with Crippen LogP contribution in [0.3, 0.4) is 0 Å². The lowest BCUT2D eigenvalue weighted by Crippen LogP contribution is -2.45. The summed E-state index contributed by atoms with van der Waals surface area (Å²) in [6.45, 7) is 6.58. The van der Waals surface area contributed by atoms with Gasteiger partial charge in [0.05, 0.1) is 18.7 Å². The zero-order valence-corrected chi connectivity index (χ0v) is 12.8. The molecule has 1 aromatic heterocycles. The molecule has 0 aromatic carbocycles. The molecule has 1 unspecified atom stereocenters. The molecular weight excluding hydrogens is 270 g/mol. The average molecular weight is 293 g/mol. The van der Waals surface area contributed by atoms with E-state index in [9.17, 15) is 9.59 Å². The van der Waals surface area contributed by atoms with E-state index in [2.05, 4.69) is 10.3 Å². The van der Waals surface area contributed by atoms with E-state index in [1.54, 1.807) is 4.90 Å². The SMILES string of the molecule is CCC(CC(=O)O)NC(=O)N(CC)Cc1cccc(C)n1. The van der Waals surface area contributed by atoms with E-state index in [0.717, 1.165) is 11.4 Å². The molecule has 2 amide bonds. The van der Waals surface area contributed by atoms with Gasteiger partial charge in [-0.2, -0.15) is 0 Å². The first-order valence-corrected chi connectivity index (χ1v) is 7.16. The van der Waals surface area contributed by atoms with E-state index in [-0.39, 0.29) is 18.5 Å². The van der Waals surface area contributed by atoms with Gasteiger partial charge < -0.3 is 15.3 Å². The third-order valence-electron chi connectivity index (χ3n) is 3.21. The van der Waals surface area contributed by atoms with Crippen LogP contribution in [0.4, 0.5) is 4.79 Å². The molecule has 6 nitrogen and oxygen atoms in total. The summed E-state index contributed by atoms with van der Waals surface area (Å²) in [6.07, 6.45) is 0.515. The molecule has 0 aliphatic heterocycles. The number of carboxylic acid groups (broad SMARTS) is 1. The van der Waals surface area contributed by atoms with Crippen molar-refractivity contribution in [2.24, 2.45) is 0 Å². The van der Waals surface area contributed by atoms with Crippen molar-refractivity contribution in [2.75, 3.05) is 6.54 Å². The number of urea groups is 1. The van der Waals surface area contributed by atoms with Crippen LogP contribution < -0.4 is 5.32 Å². The maximum absolute atomic E-state index is 12.2. The molecule has 1 rings (SSSR count). The number of pyridine rings is 1. The second-order valence-electron chi connectivity index (χ2n) is 4.94. The van der Waals surface area contributed by atoms with E-state index in [1.807, 2.05) is 39.0 Å². The van der Waals surface area contributed by atoms with Gasteiger partial charge in [-0.1, -0.05) is 13.0 Å². The largest absolute Gasteiger partial charge is 0.481 e. The molecule has 1 atom stereocenters. The second kappa shape index (κ2) is 8.24. The highest BCUT2D eigenvalue weighted by Crippen LogP contribution is 2.05. The molecule has 0 aliphatic carbocycles. The smallest absolute Gasteiger partial charge is 0.317 e. The summed E-state index contributed by atoms with van der Waals surface area (Å²) in [5, 5.41) is 11.6. The molecular formula is C15H23N3O3. The van der Waals surface area contributed by atoms with Crippen molar-refractivity contribution in [3.05, 3.63) is 29.6 Å². The summed E-state index contributed by atoms with van der Waals surface area (Å²) in [5.74, 6) is -0.912. The highest BCUT2D eigenvalue weighted by atomic mass is 16.4. The van der Waals surface area contributed by atoms with Gasteiger partial charge in [-0.3, -0.25) is 9.78 Å². The van der Waals surface area contributed by atoms with Crippen LogP contribution >= 0.6 is 0 Å². The van der Waals surface area contributed by atoms with Gasteiger partial charge in [0.1, 0.15) is 0 Å². The fourth-order valence-corrected chi connectivity index (χ4v) is 1.98. The first-order chi connectivity index (χ1) is 9.96. The zero-order chi connectivity index (χ0) is 15.8. The molecule has 0 saturated heterocycles. The predicted octanol–water partition coefficient (Wildman–Crippen LogP) is 2.17. The summed E-state index contributed by atoms with van der Waals surface area (Å²) in [7, 11) is 0. The van der Waals surface area contributed by atoms with Crippen LogP contribution in [-0.4, -0.2) is 39.6 Å². The Morgan fingerprint density at radius 2 is 2.10 bits per heavy atom. The Balaban J connectivity index is 2.66. The third-order valence-corrected chi connectivity index (χ3v) is 3.21. The van der Waals surface area contributed by atoms with E-state index in [4.69, 9.17) is 5.11 Å². The predicted molar refractivity (Wildman–Crippen MR) is 79.9 cm³/mol. The Bertz CT molecular complexity index is 491. The van der Waals surface area contributed by atoms with Crippen LogP contribution in [0.15, 0.2) is 18.2 Å². The zero-order valence-electron chi connectivity index (χ0n) is 12.8. The van der Waals surface area contributed by atoms with Crippen LogP contribution in [0.25, 0.3) is 0 Å². The molecule has 0 bridgehead atoms. The topological polar surface area (TPSA) is 82.5 Å². The van der Waals surface area contributed by atoms with Gasteiger partial charge in [0, 0.05) is 18.3 Å². The first kappa shape index (κ1) is 16.9. The van der Waals surface area contributed by atoms with Crippen LogP contribution in [0.5, 0.6) is 0 Å². The summed E-state index contributed by atoms with van der Waals surface area (Å²) in [6, 6.07) is 5.07. The molecule has 1 heterocycles. The number of aryl methyl sites for hydroxylation is 1. The number of carboxylic acids is 1. The van der Waals surface area contributed by atoms with Gasteiger partial charge in [-0.25, -0.2) is 4.79 Å². The van der Waals surface area contributed by atoms with Crippen molar-refractivity contribution in [1.29, 1.82) is 0 Å². The van der Waals surface area contributed by atoms with Crippen molar-refractivity contribution >= 4 is 12.0 Å². The minimum absolute atomic E-state index is 0.0670. The maximum Gasteiger partial charge on any atom is 0.317 e. The molecule has 21 heavy (non-hydrogen) atoms. The van der Waals surface area contributed by atoms with Gasteiger partial charge in [-0.05, 0) is 32.4 Å². The Morgan fingerprint density at radius 3 is 2.62 bits per heavy atom. The number of hydrogen-bond donors (Lipinski definition) is 2. The molecule has 1 aromatic rings. The Kier molecular flexibility index (Phi) is 6.65. The van der Waals surface area contributed by atoms with Crippen LogP contribution in [-0.2, 0) is 11.3 Å². The average Bonchev–Trinajstić information content (AvgIpc) is 2.43. The van der Waals surface area contributed by atoms with E-state index < -0.39 is 5.97 Å². The fourth-order valence-electron chi connectivity index (χ4n) is 1.98. The molecule has 0 spiro atoms. The van der Waals surface area contributed by atoms with Gasteiger partial charge in [0.25, 0.3) is 0 Å². The highest BCUT2D eigenvalue weighted by Gasteiger charge is 2.18.